The molecule has 0 aliphatic carbocycles. The van der Waals surface area contributed by atoms with E-state index in [2.05, 4.69) is 25.3 Å². The van der Waals surface area contributed by atoms with E-state index < -0.39 is 12.6 Å². The highest BCUT2D eigenvalue weighted by atomic mass is 19.3. The summed E-state index contributed by atoms with van der Waals surface area (Å²) in [5, 5.41) is 5.64. The minimum absolute atomic E-state index is 0.0867. The van der Waals surface area contributed by atoms with Crippen molar-refractivity contribution in [3.63, 3.8) is 0 Å². The van der Waals surface area contributed by atoms with Gasteiger partial charge in [-0.1, -0.05) is 18.2 Å². The Bertz CT molecular complexity index is 1120. The summed E-state index contributed by atoms with van der Waals surface area (Å²) in [5.41, 5.74) is 1.68. The van der Waals surface area contributed by atoms with Crippen LogP contribution in [0.5, 0.6) is 5.75 Å². The molecule has 1 aliphatic heterocycles. The molecule has 0 spiro atoms. The number of halogens is 2. The molecule has 1 aliphatic rings. The van der Waals surface area contributed by atoms with E-state index in [9.17, 15) is 18.4 Å². The lowest BCUT2D eigenvalue weighted by atomic mass is 10.1. The molecule has 10 heteroatoms. The Hall–Kier alpha value is -3.95. The first-order chi connectivity index (χ1) is 16.0. The average Bonchev–Trinajstić information content (AvgIpc) is 2.84. The number of alkyl halides is 2. The van der Waals surface area contributed by atoms with Crippen molar-refractivity contribution in [2.24, 2.45) is 0 Å². The third-order valence-corrected chi connectivity index (χ3v) is 5.35. The minimum atomic E-state index is -2.99. The van der Waals surface area contributed by atoms with E-state index in [0.717, 1.165) is 5.69 Å². The molecule has 4 rings (SSSR count). The molecule has 3 aromatic rings. The number of benzene rings is 2. The van der Waals surface area contributed by atoms with Crippen molar-refractivity contribution in [2.45, 2.75) is 6.61 Å². The first-order valence-electron chi connectivity index (χ1n) is 10.5. The molecule has 2 aromatic carbocycles. The number of nitrogens with one attached hydrogen (secondary N) is 2. The summed E-state index contributed by atoms with van der Waals surface area (Å²) in [7, 11) is 0. The number of amides is 3. The second kappa shape index (κ2) is 10.1. The maximum atomic E-state index is 12.6. The molecule has 0 saturated carbocycles. The molecule has 2 N–H and O–H groups in total. The van der Waals surface area contributed by atoms with E-state index in [4.69, 9.17) is 0 Å². The van der Waals surface area contributed by atoms with Crippen LogP contribution < -0.4 is 20.3 Å². The van der Waals surface area contributed by atoms with Gasteiger partial charge in [-0.25, -0.2) is 4.79 Å². The van der Waals surface area contributed by atoms with E-state index in [1.54, 1.807) is 17.0 Å². The zero-order valence-electron chi connectivity index (χ0n) is 17.7. The average molecular weight is 455 g/mol. The number of piperazine rings is 1. The van der Waals surface area contributed by atoms with Gasteiger partial charge in [0.1, 0.15) is 5.52 Å². The number of fused-ring (bicyclic) bond motifs is 1. The summed E-state index contributed by atoms with van der Waals surface area (Å²) >= 11 is 0. The number of aromatic nitrogens is 1. The molecular weight excluding hydrogens is 432 g/mol. The Morgan fingerprint density at radius 1 is 1.00 bits per heavy atom. The van der Waals surface area contributed by atoms with Crippen molar-refractivity contribution >= 4 is 34.2 Å². The summed E-state index contributed by atoms with van der Waals surface area (Å²) < 4.78 is 29.7. The predicted octanol–water partition coefficient (Wildman–Crippen LogP) is 3.31. The van der Waals surface area contributed by atoms with Crippen LogP contribution in [0, 0.1) is 0 Å². The molecule has 1 fully saturated rings. The number of urea groups is 1. The lowest BCUT2D eigenvalue weighted by molar-refractivity contribution is -0.130. The summed E-state index contributed by atoms with van der Waals surface area (Å²) in [5.74, 6) is -0.263. The monoisotopic (exact) mass is 455 g/mol. The maximum absolute atomic E-state index is 12.6. The van der Waals surface area contributed by atoms with Crippen molar-refractivity contribution < 1.29 is 23.1 Å². The number of nitrogens with zero attached hydrogens (tertiary/aromatic N) is 3. The lowest BCUT2D eigenvalue weighted by Gasteiger charge is -2.36. The molecule has 0 radical (unpaired) electrons. The summed E-state index contributed by atoms with van der Waals surface area (Å²) in [6, 6.07) is 15.4. The van der Waals surface area contributed by atoms with Crippen LogP contribution in [0.25, 0.3) is 10.9 Å². The number of rotatable bonds is 6. The first-order valence-corrected chi connectivity index (χ1v) is 10.5. The van der Waals surface area contributed by atoms with Crippen LogP contribution in [-0.4, -0.2) is 61.2 Å². The molecule has 3 amide bonds. The summed E-state index contributed by atoms with van der Waals surface area (Å²) in [6.07, 6.45) is 1.45. The highest BCUT2D eigenvalue weighted by Crippen LogP contribution is 2.30. The number of hydrogen-bond acceptors (Lipinski definition) is 5. The molecule has 0 atom stereocenters. The smallest absolute Gasteiger partial charge is 0.387 e. The van der Waals surface area contributed by atoms with Gasteiger partial charge < -0.3 is 25.2 Å². The van der Waals surface area contributed by atoms with E-state index >= 15 is 0 Å². The Balaban J connectivity index is 1.31. The second-order valence-corrected chi connectivity index (χ2v) is 7.40. The predicted molar refractivity (Wildman–Crippen MR) is 121 cm³/mol. The topological polar surface area (TPSA) is 86.8 Å². The third kappa shape index (κ3) is 5.46. The fourth-order valence-corrected chi connectivity index (χ4v) is 3.73. The molecule has 2 heterocycles. The largest absolute Gasteiger partial charge is 0.432 e. The van der Waals surface area contributed by atoms with Crippen LogP contribution >= 0.6 is 0 Å². The maximum Gasteiger partial charge on any atom is 0.387 e. The SMILES string of the molecule is O=C(NCC(=O)N1CCN(c2ccccc2)CC1)Nc1ccc(OC(F)F)c2ncccc12. The highest BCUT2D eigenvalue weighted by molar-refractivity contribution is 6.02. The van der Waals surface area contributed by atoms with Crippen molar-refractivity contribution in [2.75, 3.05) is 42.9 Å². The van der Waals surface area contributed by atoms with Crippen LogP contribution in [0.4, 0.5) is 25.0 Å². The number of ether oxygens (including phenoxy) is 1. The van der Waals surface area contributed by atoms with Crippen LogP contribution in [-0.2, 0) is 4.79 Å². The number of hydrogen-bond donors (Lipinski definition) is 2. The molecule has 1 saturated heterocycles. The van der Waals surface area contributed by atoms with Crippen LogP contribution in [0.3, 0.4) is 0 Å². The van der Waals surface area contributed by atoms with Crippen LogP contribution in [0.1, 0.15) is 0 Å². The highest BCUT2D eigenvalue weighted by Gasteiger charge is 2.21. The van der Waals surface area contributed by atoms with Gasteiger partial charge in [-0.05, 0) is 36.4 Å². The van der Waals surface area contributed by atoms with E-state index in [1.165, 1.54) is 18.3 Å². The Morgan fingerprint density at radius 2 is 1.76 bits per heavy atom. The van der Waals surface area contributed by atoms with Crippen molar-refractivity contribution in [3.8, 4) is 5.75 Å². The summed E-state index contributed by atoms with van der Waals surface area (Å²) in [6.45, 7) is -0.572. The zero-order chi connectivity index (χ0) is 23.2. The van der Waals surface area contributed by atoms with Gasteiger partial charge in [0, 0.05) is 43.4 Å². The van der Waals surface area contributed by atoms with E-state index in [1.807, 2.05) is 30.3 Å². The van der Waals surface area contributed by atoms with Gasteiger partial charge in [-0.3, -0.25) is 9.78 Å². The number of anilines is 2. The van der Waals surface area contributed by atoms with Crippen molar-refractivity contribution in [1.29, 1.82) is 0 Å². The van der Waals surface area contributed by atoms with Crippen molar-refractivity contribution in [1.82, 2.24) is 15.2 Å². The molecule has 0 unspecified atom stereocenters. The summed E-state index contributed by atoms with van der Waals surface area (Å²) in [4.78, 5) is 32.9. The molecule has 8 nitrogen and oxygen atoms in total. The standard InChI is InChI=1S/C23H23F2N5O3/c24-22(25)33-19-9-8-18(17-7-4-10-26-21(17)19)28-23(32)27-15-20(31)30-13-11-29(12-14-30)16-5-2-1-3-6-16/h1-10,22H,11-15H2,(H2,27,28,32). The third-order valence-electron chi connectivity index (χ3n) is 5.35. The van der Waals surface area contributed by atoms with E-state index in [0.29, 0.717) is 37.3 Å². The Kier molecular flexibility index (Phi) is 6.82. The minimum Gasteiger partial charge on any atom is -0.432 e. The van der Waals surface area contributed by atoms with Crippen molar-refractivity contribution in [3.05, 3.63) is 60.8 Å². The fourth-order valence-electron chi connectivity index (χ4n) is 3.73. The number of para-hydroxylation sites is 1. The number of carbonyl (C=O) groups is 2. The quantitative estimate of drug-likeness (QED) is 0.596. The molecule has 172 valence electrons. The van der Waals surface area contributed by atoms with Gasteiger partial charge in [-0.15, -0.1) is 0 Å². The number of carbonyl (C=O) groups excluding carboxylic acids is 2. The zero-order valence-corrected chi connectivity index (χ0v) is 17.7. The normalized spacial score (nSPS) is 13.8. The molecule has 1 aromatic heterocycles. The molecule has 33 heavy (non-hydrogen) atoms. The first kappa shape index (κ1) is 22.3. The van der Waals surface area contributed by atoms with Crippen LogP contribution in [0.15, 0.2) is 60.8 Å². The molecular formula is C23H23F2N5O3. The van der Waals surface area contributed by atoms with Crippen LogP contribution in [0.2, 0.25) is 0 Å². The van der Waals surface area contributed by atoms with Gasteiger partial charge in [0.2, 0.25) is 5.91 Å². The van der Waals surface area contributed by atoms with Gasteiger partial charge >= 0.3 is 12.6 Å². The van der Waals surface area contributed by atoms with Gasteiger partial charge in [0.25, 0.3) is 0 Å². The second-order valence-electron chi connectivity index (χ2n) is 7.40. The van der Waals surface area contributed by atoms with Gasteiger partial charge in [0.05, 0.1) is 12.2 Å². The molecule has 0 bridgehead atoms. The Labute approximate surface area is 189 Å². The fraction of sp³-hybridized carbons (Fsp3) is 0.261. The van der Waals surface area contributed by atoms with Gasteiger partial charge in [0.15, 0.2) is 5.75 Å². The lowest BCUT2D eigenvalue weighted by Crippen LogP contribution is -2.51. The van der Waals surface area contributed by atoms with Gasteiger partial charge in [-0.2, -0.15) is 8.78 Å². The Morgan fingerprint density at radius 3 is 2.48 bits per heavy atom. The number of pyridine rings is 1. The van der Waals surface area contributed by atoms with E-state index in [-0.39, 0.29) is 23.7 Å².